The Morgan fingerprint density at radius 2 is 2.47 bits per heavy atom. The number of hydrogen-bond donors (Lipinski definition) is 2. The minimum absolute atomic E-state index is 0.0937. The van der Waals surface area contributed by atoms with Gasteiger partial charge in [-0.2, -0.15) is 0 Å². The maximum absolute atomic E-state index is 11.5. The van der Waals surface area contributed by atoms with Gasteiger partial charge in [0.05, 0.1) is 22.8 Å². The first-order valence-electron chi connectivity index (χ1n) is 5.60. The molecule has 0 spiro atoms. The van der Waals surface area contributed by atoms with Gasteiger partial charge in [0.15, 0.2) is 0 Å². The fourth-order valence-corrected chi connectivity index (χ4v) is 2.16. The third-order valence-electron chi connectivity index (χ3n) is 2.68. The Kier molecular flexibility index (Phi) is 3.76. The number of hydrogen-bond acceptors (Lipinski definition) is 5. The SMILES string of the molecule is Cc1nc(CNC(=O)COC2(C)CNC2)cs1. The predicted molar refractivity (Wildman–Crippen MR) is 65.9 cm³/mol. The lowest BCUT2D eigenvalue weighted by Gasteiger charge is -2.38. The summed E-state index contributed by atoms with van der Waals surface area (Å²) in [6.07, 6.45) is 0. The highest BCUT2D eigenvalue weighted by molar-refractivity contribution is 7.09. The average Bonchev–Trinajstić information content (AvgIpc) is 2.67. The number of aryl methyl sites for hydroxylation is 1. The summed E-state index contributed by atoms with van der Waals surface area (Å²) >= 11 is 1.58. The number of nitrogens with one attached hydrogen (secondary N) is 2. The van der Waals surface area contributed by atoms with Gasteiger partial charge in [-0.3, -0.25) is 4.79 Å². The van der Waals surface area contributed by atoms with Crippen molar-refractivity contribution >= 4 is 17.2 Å². The zero-order valence-electron chi connectivity index (χ0n) is 10.1. The number of thiazole rings is 1. The van der Waals surface area contributed by atoms with Gasteiger partial charge in [-0.15, -0.1) is 11.3 Å². The summed E-state index contributed by atoms with van der Waals surface area (Å²) in [4.78, 5) is 15.8. The van der Waals surface area contributed by atoms with Crippen molar-refractivity contribution in [2.45, 2.75) is 26.0 Å². The Balaban J connectivity index is 1.67. The first-order valence-corrected chi connectivity index (χ1v) is 6.48. The van der Waals surface area contributed by atoms with Crippen LogP contribution in [0.15, 0.2) is 5.38 Å². The van der Waals surface area contributed by atoms with Crippen LogP contribution in [0.1, 0.15) is 17.6 Å². The highest BCUT2D eigenvalue weighted by Crippen LogP contribution is 2.14. The van der Waals surface area contributed by atoms with Crippen molar-refractivity contribution in [1.29, 1.82) is 0 Å². The zero-order valence-corrected chi connectivity index (χ0v) is 10.9. The Morgan fingerprint density at radius 3 is 3.00 bits per heavy atom. The summed E-state index contributed by atoms with van der Waals surface area (Å²) in [7, 11) is 0. The normalized spacial score (nSPS) is 17.5. The van der Waals surface area contributed by atoms with Crippen LogP contribution in [-0.4, -0.2) is 36.2 Å². The minimum atomic E-state index is -0.172. The topological polar surface area (TPSA) is 63.2 Å². The molecular weight excluding hydrogens is 238 g/mol. The number of carbonyl (C=O) groups excluding carboxylic acids is 1. The predicted octanol–water partition coefficient (Wildman–Crippen LogP) is 0.446. The molecule has 1 amide bonds. The molecule has 17 heavy (non-hydrogen) atoms. The molecule has 1 aromatic heterocycles. The molecule has 1 aromatic rings. The van der Waals surface area contributed by atoms with E-state index in [9.17, 15) is 4.79 Å². The molecule has 2 heterocycles. The van der Waals surface area contributed by atoms with Crippen molar-refractivity contribution in [2.24, 2.45) is 0 Å². The minimum Gasteiger partial charge on any atom is -0.363 e. The lowest BCUT2D eigenvalue weighted by molar-refractivity contribution is -0.136. The van der Waals surface area contributed by atoms with E-state index in [0.29, 0.717) is 6.54 Å². The summed E-state index contributed by atoms with van der Waals surface area (Å²) in [6.45, 7) is 6.16. The van der Waals surface area contributed by atoms with Crippen LogP contribution in [0.2, 0.25) is 0 Å². The van der Waals surface area contributed by atoms with Gasteiger partial charge in [0.25, 0.3) is 0 Å². The Bertz CT molecular complexity index is 401. The Labute approximate surface area is 105 Å². The van der Waals surface area contributed by atoms with Crippen LogP contribution in [0.5, 0.6) is 0 Å². The van der Waals surface area contributed by atoms with Crippen LogP contribution in [-0.2, 0) is 16.1 Å². The third kappa shape index (κ3) is 3.49. The van der Waals surface area contributed by atoms with E-state index in [4.69, 9.17) is 4.74 Å². The molecule has 5 nitrogen and oxygen atoms in total. The van der Waals surface area contributed by atoms with Gasteiger partial charge in [0.1, 0.15) is 6.61 Å². The van der Waals surface area contributed by atoms with Crippen LogP contribution in [0.25, 0.3) is 0 Å². The summed E-state index contributed by atoms with van der Waals surface area (Å²) in [6, 6.07) is 0. The Hall–Kier alpha value is -0.980. The van der Waals surface area contributed by atoms with Gasteiger partial charge in [0.2, 0.25) is 5.91 Å². The molecule has 94 valence electrons. The molecule has 1 saturated heterocycles. The van der Waals surface area contributed by atoms with Crippen LogP contribution in [0.4, 0.5) is 0 Å². The summed E-state index contributed by atoms with van der Waals surface area (Å²) in [5, 5.41) is 8.88. The van der Waals surface area contributed by atoms with Crippen molar-refractivity contribution in [2.75, 3.05) is 19.7 Å². The smallest absolute Gasteiger partial charge is 0.246 e. The number of aromatic nitrogens is 1. The van der Waals surface area contributed by atoms with E-state index in [1.165, 1.54) is 0 Å². The fourth-order valence-electron chi connectivity index (χ4n) is 1.55. The fraction of sp³-hybridized carbons (Fsp3) is 0.636. The van der Waals surface area contributed by atoms with Crippen LogP contribution in [0, 0.1) is 6.92 Å². The highest BCUT2D eigenvalue weighted by atomic mass is 32.1. The maximum atomic E-state index is 11.5. The summed E-state index contributed by atoms with van der Waals surface area (Å²) in [5.41, 5.74) is 0.728. The van der Waals surface area contributed by atoms with Crippen LogP contribution >= 0.6 is 11.3 Å². The summed E-state index contributed by atoms with van der Waals surface area (Å²) < 4.78 is 5.53. The second kappa shape index (κ2) is 5.12. The molecular formula is C11H17N3O2S. The van der Waals surface area contributed by atoms with Crippen molar-refractivity contribution < 1.29 is 9.53 Å². The number of rotatable bonds is 5. The molecule has 2 rings (SSSR count). The van der Waals surface area contributed by atoms with Gasteiger partial charge >= 0.3 is 0 Å². The van der Waals surface area contributed by atoms with Gasteiger partial charge in [-0.05, 0) is 13.8 Å². The molecule has 0 saturated carbocycles. The molecule has 2 N–H and O–H groups in total. The number of nitrogens with zero attached hydrogens (tertiary/aromatic N) is 1. The van der Waals surface area contributed by atoms with E-state index in [-0.39, 0.29) is 18.1 Å². The van der Waals surface area contributed by atoms with E-state index in [0.717, 1.165) is 23.8 Å². The van der Waals surface area contributed by atoms with Gasteiger partial charge in [-0.1, -0.05) is 0 Å². The van der Waals surface area contributed by atoms with Crippen LogP contribution in [0.3, 0.4) is 0 Å². The highest BCUT2D eigenvalue weighted by Gasteiger charge is 2.32. The maximum Gasteiger partial charge on any atom is 0.246 e. The molecule has 6 heteroatoms. The molecule has 1 aliphatic rings. The first kappa shape index (κ1) is 12.5. The number of carbonyl (C=O) groups is 1. The van der Waals surface area contributed by atoms with Crippen molar-refractivity contribution in [3.05, 3.63) is 16.1 Å². The van der Waals surface area contributed by atoms with Crippen molar-refractivity contribution in [3.63, 3.8) is 0 Å². The number of ether oxygens (including phenoxy) is 1. The van der Waals surface area contributed by atoms with E-state index in [1.54, 1.807) is 11.3 Å². The van der Waals surface area contributed by atoms with E-state index in [2.05, 4.69) is 15.6 Å². The zero-order chi connectivity index (χ0) is 12.3. The monoisotopic (exact) mass is 255 g/mol. The second-order valence-corrected chi connectivity index (χ2v) is 5.54. The van der Waals surface area contributed by atoms with E-state index >= 15 is 0 Å². The van der Waals surface area contributed by atoms with E-state index in [1.807, 2.05) is 19.2 Å². The Morgan fingerprint density at radius 1 is 1.71 bits per heavy atom. The molecule has 0 bridgehead atoms. The number of amides is 1. The average molecular weight is 255 g/mol. The van der Waals surface area contributed by atoms with Crippen molar-refractivity contribution in [1.82, 2.24) is 15.6 Å². The molecule has 0 unspecified atom stereocenters. The summed E-state index contributed by atoms with van der Waals surface area (Å²) in [5.74, 6) is -0.0937. The molecule has 0 aromatic carbocycles. The van der Waals surface area contributed by atoms with Gasteiger partial charge in [-0.25, -0.2) is 4.98 Å². The molecule has 1 aliphatic heterocycles. The molecule has 0 radical (unpaired) electrons. The van der Waals surface area contributed by atoms with Crippen LogP contribution < -0.4 is 10.6 Å². The van der Waals surface area contributed by atoms with Gasteiger partial charge < -0.3 is 15.4 Å². The molecule has 0 aliphatic carbocycles. The lowest BCUT2D eigenvalue weighted by Crippen LogP contribution is -2.59. The van der Waals surface area contributed by atoms with Crippen molar-refractivity contribution in [3.8, 4) is 0 Å². The molecule has 1 fully saturated rings. The third-order valence-corrected chi connectivity index (χ3v) is 3.51. The largest absolute Gasteiger partial charge is 0.363 e. The van der Waals surface area contributed by atoms with Gasteiger partial charge in [0, 0.05) is 18.5 Å². The van der Waals surface area contributed by atoms with E-state index < -0.39 is 0 Å². The lowest BCUT2D eigenvalue weighted by atomic mass is 10.0. The molecule has 0 atom stereocenters. The second-order valence-electron chi connectivity index (χ2n) is 4.48. The standard InChI is InChI=1S/C11H17N3O2S/c1-8-14-9(5-17-8)3-13-10(15)4-16-11(2)6-12-7-11/h5,12H,3-4,6-7H2,1-2H3,(H,13,15). The first-order chi connectivity index (χ1) is 8.07. The quantitative estimate of drug-likeness (QED) is 0.801.